The molecule has 1 aliphatic rings. The van der Waals surface area contributed by atoms with E-state index in [-0.39, 0.29) is 29.9 Å². The van der Waals surface area contributed by atoms with E-state index in [4.69, 9.17) is 0 Å². The molecule has 6 heteroatoms. The molecule has 0 spiro atoms. The third-order valence-electron chi connectivity index (χ3n) is 5.31. The van der Waals surface area contributed by atoms with E-state index in [1.54, 1.807) is 22.9 Å². The molecule has 2 aromatic rings. The molecule has 24 heavy (non-hydrogen) atoms. The van der Waals surface area contributed by atoms with Crippen LogP contribution in [0.2, 0.25) is 0 Å². The number of likely N-dealkylation sites (tertiary alicyclic amines) is 1. The van der Waals surface area contributed by atoms with E-state index in [1.807, 2.05) is 11.0 Å². The largest absolute Gasteiger partial charge is 0.396 e. The molecule has 1 fully saturated rings. The van der Waals surface area contributed by atoms with Crippen LogP contribution in [0.25, 0.3) is 10.9 Å². The van der Waals surface area contributed by atoms with E-state index >= 15 is 0 Å². The first-order chi connectivity index (χ1) is 11.6. The van der Waals surface area contributed by atoms with Gasteiger partial charge < -0.3 is 10.0 Å². The van der Waals surface area contributed by atoms with Crippen molar-refractivity contribution in [2.45, 2.75) is 32.7 Å². The van der Waals surface area contributed by atoms with Crippen LogP contribution < -0.4 is 5.43 Å². The third kappa shape index (κ3) is 3.06. The van der Waals surface area contributed by atoms with E-state index < -0.39 is 0 Å². The zero-order valence-electron chi connectivity index (χ0n) is 13.9. The highest BCUT2D eigenvalue weighted by molar-refractivity contribution is 5.81. The normalized spacial score (nSPS) is 17.2. The fourth-order valence-corrected chi connectivity index (χ4v) is 3.37. The molecular weight excluding hydrogens is 306 g/mol. The Morgan fingerprint density at radius 1 is 1.29 bits per heavy atom. The van der Waals surface area contributed by atoms with Crippen molar-refractivity contribution >= 4 is 16.8 Å². The van der Waals surface area contributed by atoms with E-state index in [0.29, 0.717) is 24.0 Å². The van der Waals surface area contributed by atoms with Crippen molar-refractivity contribution in [1.29, 1.82) is 0 Å². The molecule has 0 aliphatic carbocycles. The van der Waals surface area contributed by atoms with Gasteiger partial charge in [0.15, 0.2) is 0 Å². The second-order valence-corrected chi connectivity index (χ2v) is 6.58. The van der Waals surface area contributed by atoms with E-state index in [2.05, 4.69) is 12.0 Å². The highest BCUT2D eigenvalue weighted by atomic mass is 16.3. The number of carbonyl (C=O) groups excluding carboxylic acids is 1. The highest BCUT2D eigenvalue weighted by Crippen LogP contribution is 2.34. The Hall–Kier alpha value is -2.21. The van der Waals surface area contributed by atoms with Crippen LogP contribution in [0.4, 0.5) is 0 Å². The SMILES string of the molecule is CCC1(CO)CCN(C(=O)Cn2ncc(=O)c3ccccc32)CC1. The zero-order valence-corrected chi connectivity index (χ0v) is 13.9. The summed E-state index contributed by atoms with van der Waals surface area (Å²) in [4.78, 5) is 26.3. The molecule has 128 valence electrons. The summed E-state index contributed by atoms with van der Waals surface area (Å²) in [6.45, 7) is 3.71. The fraction of sp³-hybridized carbons (Fsp3) is 0.500. The van der Waals surface area contributed by atoms with Gasteiger partial charge in [0, 0.05) is 25.1 Å². The summed E-state index contributed by atoms with van der Waals surface area (Å²) >= 11 is 0. The quantitative estimate of drug-likeness (QED) is 0.920. The monoisotopic (exact) mass is 329 g/mol. The number of aliphatic hydroxyl groups excluding tert-OH is 1. The number of hydrogen-bond donors (Lipinski definition) is 1. The second kappa shape index (κ2) is 6.73. The van der Waals surface area contributed by atoms with Crippen molar-refractivity contribution in [3.05, 3.63) is 40.7 Å². The Morgan fingerprint density at radius 3 is 2.67 bits per heavy atom. The summed E-state index contributed by atoms with van der Waals surface area (Å²) in [5.74, 6) is -0.000977. The standard InChI is InChI=1S/C18H23N3O3/c1-2-18(13-22)7-9-20(10-8-18)17(24)12-21-15-6-4-3-5-14(15)16(23)11-19-21/h3-6,11,22H,2,7-10,12-13H2,1H3. The van der Waals surface area contributed by atoms with Gasteiger partial charge in [-0.3, -0.25) is 14.3 Å². The highest BCUT2D eigenvalue weighted by Gasteiger charge is 2.33. The van der Waals surface area contributed by atoms with Gasteiger partial charge in [0.1, 0.15) is 6.54 Å². The summed E-state index contributed by atoms with van der Waals surface area (Å²) in [5.41, 5.74) is 0.496. The van der Waals surface area contributed by atoms with Crippen molar-refractivity contribution < 1.29 is 9.90 Å². The molecule has 0 radical (unpaired) electrons. The minimum atomic E-state index is -0.136. The van der Waals surface area contributed by atoms with Gasteiger partial charge in [-0.15, -0.1) is 0 Å². The predicted molar refractivity (Wildman–Crippen MR) is 91.6 cm³/mol. The van der Waals surface area contributed by atoms with Gasteiger partial charge in [-0.1, -0.05) is 19.1 Å². The minimum Gasteiger partial charge on any atom is -0.396 e. The summed E-state index contributed by atoms with van der Waals surface area (Å²) in [6.07, 6.45) is 3.84. The number of hydrogen-bond acceptors (Lipinski definition) is 4. The summed E-state index contributed by atoms with van der Waals surface area (Å²) in [5, 5.41) is 14.3. The molecule has 6 nitrogen and oxygen atoms in total. The zero-order chi connectivity index (χ0) is 17.2. The smallest absolute Gasteiger partial charge is 0.244 e. The summed E-state index contributed by atoms with van der Waals surface area (Å²) < 4.78 is 1.59. The number of para-hydroxylation sites is 1. The van der Waals surface area contributed by atoms with Crippen LogP contribution in [0.15, 0.2) is 35.3 Å². The first kappa shape index (κ1) is 16.6. The molecule has 1 saturated heterocycles. The molecule has 1 amide bonds. The number of benzene rings is 1. The van der Waals surface area contributed by atoms with E-state index in [0.717, 1.165) is 19.3 Å². The maximum atomic E-state index is 12.6. The van der Waals surface area contributed by atoms with Crippen molar-refractivity contribution in [1.82, 2.24) is 14.7 Å². The average molecular weight is 329 g/mol. The van der Waals surface area contributed by atoms with Gasteiger partial charge in [0.2, 0.25) is 11.3 Å². The number of carbonyl (C=O) groups is 1. The van der Waals surface area contributed by atoms with Crippen LogP contribution in [0, 0.1) is 5.41 Å². The number of amides is 1. The second-order valence-electron chi connectivity index (χ2n) is 6.58. The molecule has 2 heterocycles. The molecule has 0 atom stereocenters. The molecule has 0 bridgehead atoms. The first-order valence-electron chi connectivity index (χ1n) is 8.42. The van der Waals surface area contributed by atoms with Crippen molar-refractivity contribution in [2.24, 2.45) is 5.41 Å². The third-order valence-corrected chi connectivity index (χ3v) is 5.31. The summed E-state index contributed by atoms with van der Waals surface area (Å²) in [6, 6.07) is 7.20. The Balaban J connectivity index is 1.75. The van der Waals surface area contributed by atoms with Crippen LogP contribution in [-0.4, -0.2) is 45.4 Å². The van der Waals surface area contributed by atoms with E-state index in [9.17, 15) is 14.7 Å². The lowest BCUT2D eigenvalue weighted by atomic mass is 9.77. The number of fused-ring (bicyclic) bond motifs is 1. The van der Waals surface area contributed by atoms with Gasteiger partial charge in [-0.2, -0.15) is 5.10 Å². The lowest BCUT2D eigenvalue weighted by molar-refractivity contribution is -0.134. The molecular formula is C18H23N3O3. The van der Waals surface area contributed by atoms with Crippen molar-refractivity contribution in [3.63, 3.8) is 0 Å². The Kier molecular flexibility index (Phi) is 4.66. The van der Waals surface area contributed by atoms with Crippen molar-refractivity contribution in [3.8, 4) is 0 Å². The Morgan fingerprint density at radius 2 is 2.00 bits per heavy atom. The molecule has 0 saturated carbocycles. The maximum Gasteiger partial charge on any atom is 0.244 e. The molecule has 1 aromatic carbocycles. The van der Waals surface area contributed by atoms with Crippen LogP contribution >= 0.6 is 0 Å². The van der Waals surface area contributed by atoms with Crippen LogP contribution in [0.1, 0.15) is 26.2 Å². The Bertz CT molecular complexity index is 785. The predicted octanol–water partition coefficient (Wildman–Crippen LogP) is 1.41. The van der Waals surface area contributed by atoms with Crippen molar-refractivity contribution in [2.75, 3.05) is 19.7 Å². The lowest BCUT2D eigenvalue weighted by Gasteiger charge is -2.40. The van der Waals surface area contributed by atoms with Gasteiger partial charge >= 0.3 is 0 Å². The van der Waals surface area contributed by atoms with Crippen LogP contribution in [-0.2, 0) is 11.3 Å². The lowest BCUT2D eigenvalue weighted by Crippen LogP contribution is -2.45. The number of nitrogens with zero attached hydrogens (tertiary/aromatic N) is 3. The van der Waals surface area contributed by atoms with Gasteiger partial charge in [-0.25, -0.2) is 0 Å². The van der Waals surface area contributed by atoms with Gasteiger partial charge in [0.05, 0.1) is 11.7 Å². The molecule has 1 aromatic heterocycles. The minimum absolute atomic E-state index is 0.000977. The molecule has 1 N–H and O–H groups in total. The van der Waals surface area contributed by atoms with Crippen LogP contribution in [0.3, 0.4) is 0 Å². The number of aromatic nitrogens is 2. The van der Waals surface area contributed by atoms with E-state index in [1.165, 1.54) is 6.20 Å². The van der Waals surface area contributed by atoms with Gasteiger partial charge in [0.25, 0.3) is 0 Å². The molecule has 3 rings (SSSR count). The molecule has 0 unspecified atom stereocenters. The fourth-order valence-electron chi connectivity index (χ4n) is 3.37. The van der Waals surface area contributed by atoms with Gasteiger partial charge in [-0.05, 0) is 36.8 Å². The number of aliphatic hydroxyl groups is 1. The topological polar surface area (TPSA) is 75.4 Å². The average Bonchev–Trinajstić information content (AvgIpc) is 2.64. The Labute approximate surface area is 140 Å². The number of piperidine rings is 1. The molecule has 1 aliphatic heterocycles. The number of rotatable bonds is 4. The van der Waals surface area contributed by atoms with Crippen LogP contribution in [0.5, 0.6) is 0 Å². The summed E-state index contributed by atoms with van der Waals surface area (Å²) in [7, 11) is 0. The maximum absolute atomic E-state index is 12.6. The first-order valence-corrected chi connectivity index (χ1v) is 8.42.